The second kappa shape index (κ2) is 10.5. The van der Waals surface area contributed by atoms with E-state index in [2.05, 4.69) is 137 Å². The van der Waals surface area contributed by atoms with Gasteiger partial charge in [0.25, 0.3) is 0 Å². The Hall–Kier alpha value is -6.59. The lowest BCUT2D eigenvalue weighted by Crippen LogP contribution is -1.98. The number of benzene rings is 6. The fourth-order valence-corrected chi connectivity index (χ4v) is 7.22. The molecule has 0 aliphatic heterocycles. The number of pyridine rings is 1. The maximum atomic E-state index is 5.10. The van der Waals surface area contributed by atoms with Crippen LogP contribution in [0.2, 0.25) is 0 Å². The van der Waals surface area contributed by atoms with Gasteiger partial charge in [-0.05, 0) is 66.7 Å². The molecule has 0 atom stereocenters. The summed E-state index contributed by atoms with van der Waals surface area (Å²) in [6, 6.07) is 55.2. The highest BCUT2D eigenvalue weighted by atomic mass is 15.1. The van der Waals surface area contributed by atoms with Gasteiger partial charge < -0.3 is 4.57 Å². The van der Waals surface area contributed by atoms with Crippen LogP contribution in [-0.2, 0) is 0 Å². The first-order chi connectivity index (χ1) is 23.8. The molecule has 0 amide bonds. The highest BCUT2D eigenvalue weighted by Crippen LogP contribution is 2.39. The Bertz CT molecular complexity index is 2810. The molecule has 4 heterocycles. The zero-order chi connectivity index (χ0) is 31.6. The summed E-state index contributed by atoms with van der Waals surface area (Å²) in [7, 11) is 0. The normalized spacial score (nSPS) is 11.8. The molecule has 5 heteroatoms. The molecule has 10 aromatic rings. The first-order valence-corrected chi connectivity index (χ1v) is 16.1. The highest BCUT2D eigenvalue weighted by molar-refractivity contribution is 6.19. The minimum Gasteiger partial charge on any atom is -0.309 e. The van der Waals surface area contributed by atoms with Gasteiger partial charge in [-0.2, -0.15) is 0 Å². The quantitative estimate of drug-likeness (QED) is 0.198. The van der Waals surface area contributed by atoms with Crippen molar-refractivity contribution in [1.29, 1.82) is 0 Å². The van der Waals surface area contributed by atoms with Crippen molar-refractivity contribution < 1.29 is 0 Å². The van der Waals surface area contributed by atoms with E-state index < -0.39 is 0 Å². The predicted octanol–water partition coefficient (Wildman–Crippen LogP) is 10.6. The van der Waals surface area contributed by atoms with Gasteiger partial charge >= 0.3 is 0 Å². The number of aromatic nitrogens is 5. The van der Waals surface area contributed by atoms with Crippen LogP contribution in [-0.4, -0.2) is 24.1 Å². The summed E-state index contributed by atoms with van der Waals surface area (Å²) in [5, 5.41) is 5.91. The van der Waals surface area contributed by atoms with Crippen LogP contribution in [0, 0.1) is 0 Å². The summed E-state index contributed by atoms with van der Waals surface area (Å²) in [5.74, 6) is 1.61. The lowest BCUT2D eigenvalue weighted by atomic mass is 10.1. The summed E-state index contributed by atoms with van der Waals surface area (Å²) < 4.78 is 4.64. The third kappa shape index (κ3) is 4.01. The Morgan fingerprint density at radius 3 is 1.75 bits per heavy atom. The van der Waals surface area contributed by atoms with Crippen molar-refractivity contribution in [1.82, 2.24) is 24.1 Å². The number of para-hydroxylation sites is 3. The van der Waals surface area contributed by atoms with Crippen LogP contribution in [0.15, 0.2) is 164 Å². The molecule has 5 nitrogen and oxygen atoms in total. The summed E-state index contributed by atoms with van der Waals surface area (Å²) in [5.41, 5.74) is 9.57. The molecular weight excluding hydrogens is 587 g/mol. The van der Waals surface area contributed by atoms with Crippen molar-refractivity contribution in [3.8, 4) is 34.2 Å². The van der Waals surface area contributed by atoms with Gasteiger partial charge in [0.15, 0.2) is 5.82 Å². The van der Waals surface area contributed by atoms with E-state index in [0.717, 1.165) is 61.3 Å². The van der Waals surface area contributed by atoms with Gasteiger partial charge in [-0.25, -0.2) is 15.0 Å². The molecule has 0 aliphatic carbocycles. The van der Waals surface area contributed by atoms with Crippen molar-refractivity contribution in [3.63, 3.8) is 0 Å². The Labute approximate surface area is 276 Å². The third-order valence-corrected chi connectivity index (χ3v) is 9.38. The van der Waals surface area contributed by atoms with Crippen molar-refractivity contribution in [3.05, 3.63) is 164 Å². The number of hydrogen-bond donors (Lipinski definition) is 0. The van der Waals surface area contributed by atoms with Gasteiger partial charge in [-0.15, -0.1) is 0 Å². The molecule has 4 aromatic heterocycles. The topological polar surface area (TPSA) is 48.5 Å². The molecule has 0 saturated heterocycles. The molecular formula is C43H27N5. The molecule has 48 heavy (non-hydrogen) atoms. The van der Waals surface area contributed by atoms with Crippen LogP contribution in [0.25, 0.3) is 88.7 Å². The monoisotopic (exact) mass is 613 g/mol. The van der Waals surface area contributed by atoms with E-state index >= 15 is 0 Å². The van der Waals surface area contributed by atoms with Crippen LogP contribution < -0.4 is 0 Å². The van der Waals surface area contributed by atoms with E-state index in [1.807, 2.05) is 36.5 Å². The molecule has 0 bridgehead atoms. The average Bonchev–Trinajstić information content (AvgIpc) is 3.66. The zero-order valence-corrected chi connectivity index (χ0v) is 25.8. The van der Waals surface area contributed by atoms with Crippen LogP contribution in [0.4, 0.5) is 0 Å². The maximum Gasteiger partial charge on any atom is 0.160 e. The first kappa shape index (κ1) is 26.6. The Kier molecular flexibility index (Phi) is 5.81. The highest BCUT2D eigenvalue weighted by Gasteiger charge is 2.19. The van der Waals surface area contributed by atoms with Crippen LogP contribution in [0.3, 0.4) is 0 Å². The minimum absolute atomic E-state index is 0.711. The zero-order valence-electron chi connectivity index (χ0n) is 25.8. The molecule has 0 N–H and O–H groups in total. The number of fused-ring (bicyclic) bond motifs is 7. The average molecular weight is 614 g/mol. The van der Waals surface area contributed by atoms with Gasteiger partial charge in [-0.3, -0.25) is 4.57 Å². The van der Waals surface area contributed by atoms with Crippen molar-refractivity contribution >= 4 is 54.5 Å². The van der Waals surface area contributed by atoms with Crippen molar-refractivity contribution in [2.24, 2.45) is 0 Å². The minimum atomic E-state index is 0.711. The van der Waals surface area contributed by atoms with Crippen LogP contribution in [0.5, 0.6) is 0 Å². The van der Waals surface area contributed by atoms with E-state index in [9.17, 15) is 0 Å². The second-order valence-corrected chi connectivity index (χ2v) is 12.1. The molecule has 0 radical (unpaired) electrons. The molecule has 224 valence electrons. The SMILES string of the molecule is c1ccc(-c2nc(-c3ccc(-n4c5ccccc5c5cc6c7ccccc7n(-c7ccccn7)c6cc54)cc3)nc3ccccc23)cc1. The third-order valence-electron chi connectivity index (χ3n) is 9.38. The van der Waals surface area contributed by atoms with Crippen molar-refractivity contribution in [2.45, 2.75) is 0 Å². The Morgan fingerprint density at radius 1 is 0.396 bits per heavy atom. The van der Waals surface area contributed by atoms with Gasteiger partial charge in [0.1, 0.15) is 5.82 Å². The lowest BCUT2D eigenvalue weighted by molar-refractivity contribution is 1.08. The summed E-state index contributed by atoms with van der Waals surface area (Å²) in [6.45, 7) is 0. The van der Waals surface area contributed by atoms with Gasteiger partial charge in [0, 0.05) is 49.9 Å². The van der Waals surface area contributed by atoms with Crippen LogP contribution in [0.1, 0.15) is 0 Å². The second-order valence-electron chi connectivity index (χ2n) is 12.1. The molecule has 0 aliphatic rings. The van der Waals surface area contributed by atoms with E-state index in [1.165, 1.54) is 21.5 Å². The molecule has 0 spiro atoms. The number of rotatable bonds is 4. The van der Waals surface area contributed by atoms with E-state index in [4.69, 9.17) is 15.0 Å². The van der Waals surface area contributed by atoms with Crippen LogP contribution >= 0.6 is 0 Å². The number of nitrogens with zero attached hydrogens (tertiary/aromatic N) is 5. The van der Waals surface area contributed by atoms with E-state index in [-0.39, 0.29) is 0 Å². The lowest BCUT2D eigenvalue weighted by Gasteiger charge is -2.11. The van der Waals surface area contributed by atoms with Gasteiger partial charge in [-0.1, -0.05) is 91.0 Å². The first-order valence-electron chi connectivity index (χ1n) is 16.1. The molecule has 0 saturated carbocycles. The smallest absolute Gasteiger partial charge is 0.160 e. The van der Waals surface area contributed by atoms with E-state index in [0.29, 0.717) is 5.82 Å². The van der Waals surface area contributed by atoms with Crippen molar-refractivity contribution in [2.75, 3.05) is 0 Å². The number of hydrogen-bond acceptors (Lipinski definition) is 3. The predicted molar refractivity (Wildman–Crippen MR) is 197 cm³/mol. The largest absolute Gasteiger partial charge is 0.309 e. The summed E-state index contributed by atoms with van der Waals surface area (Å²) in [4.78, 5) is 14.8. The Balaban J connectivity index is 1.18. The van der Waals surface area contributed by atoms with E-state index in [1.54, 1.807) is 0 Å². The molecule has 0 unspecified atom stereocenters. The van der Waals surface area contributed by atoms with Gasteiger partial charge in [0.2, 0.25) is 0 Å². The summed E-state index contributed by atoms with van der Waals surface area (Å²) >= 11 is 0. The Morgan fingerprint density at radius 2 is 1.02 bits per heavy atom. The van der Waals surface area contributed by atoms with Gasteiger partial charge in [0.05, 0.1) is 33.3 Å². The molecule has 10 rings (SSSR count). The fraction of sp³-hybridized carbons (Fsp3) is 0. The maximum absolute atomic E-state index is 5.10. The standard InChI is InChI=1S/C43H27N5/c1-2-12-28(13-3-1)42-33-16-4-7-17-36(33)45-43(46-42)29-21-23-30(24-22-29)47-37-18-8-5-14-31(37)34-26-35-32-15-6-9-19-38(32)48(40(35)27-39(34)47)41-20-10-11-25-44-41/h1-27H. The molecule has 0 fully saturated rings. The fourth-order valence-electron chi connectivity index (χ4n) is 7.22. The molecule has 6 aromatic carbocycles. The summed E-state index contributed by atoms with van der Waals surface area (Å²) in [6.07, 6.45) is 1.86.